The number of amides is 1. The van der Waals surface area contributed by atoms with Crippen LogP contribution in [0.25, 0.3) is 0 Å². The number of sulfonamides is 1. The van der Waals surface area contributed by atoms with Gasteiger partial charge in [0.1, 0.15) is 11.5 Å². The van der Waals surface area contributed by atoms with E-state index < -0.39 is 10.0 Å². The number of rotatable bonds is 9. The molecule has 2 N–H and O–H groups in total. The molecular formula is C16H21N3O5S. The van der Waals surface area contributed by atoms with E-state index in [1.165, 1.54) is 6.07 Å². The fourth-order valence-electron chi connectivity index (χ4n) is 2.07. The van der Waals surface area contributed by atoms with Gasteiger partial charge in [-0.3, -0.25) is 9.52 Å². The Morgan fingerprint density at radius 2 is 2.00 bits per heavy atom. The van der Waals surface area contributed by atoms with Crippen LogP contribution in [-0.4, -0.2) is 38.4 Å². The summed E-state index contributed by atoms with van der Waals surface area (Å²) in [4.78, 5) is 11.9. The first kappa shape index (κ1) is 18.8. The number of benzene rings is 1. The second kappa shape index (κ2) is 8.52. The molecule has 136 valence electrons. The maximum Gasteiger partial charge on any atom is 0.235 e. The van der Waals surface area contributed by atoms with Crippen molar-refractivity contribution in [2.45, 2.75) is 20.3 Å². The van der Waals surface area contributed by atoms with Gasteiger partial charge in [-0.15, -0.1) is 0 Å². The second-order valence-electron chi connectivity index (χ2n) is 5.35. The molecule has 0 aliphatic heterocycles. The number of hydrogen-bond donors (Lipinski definition) is 2. The highest BCUT2D eigenvalue weighted by molar-refractivity contribution is 7.92. The number of ether oxygens (including phenoxy) is 1. The molecule has 0 fully saturated rings. The molecular weight excluding hydrogens is 346 g/mol. The van der Waals surface area contributed by atoms with Gasteiger partial charge in [-0.05, 0) is 31.5 Å². The first-order chi connectivity index (χ1) is 11.9. The van der Waals surface area contributed by atoms with Crippen molar-refractivity contribution in [3.05, 3.63) is 41.7 Å². The van der Waals surface area contributed by atoms with E-state index in [0.29, 0.717) is 12.4 Å². The number of carbonyl (C=O) groups is 1. The molecule has 0 spiro atoms. The zero-order valence-electron chi connectivity index (χ0n) is 14.1. The standard InChI is InChI=1S/C16H21N3O5S/c1-3-23-14-6-4-13(5-7-14)11-16(20)17-8-9-25(21,22)19-15-10-12(2)24-18-15/h4-7,10H,3,8-9,11H2,1-2H3,(H,17,20)(H,18,19). The Labute approximate surface area is 146 Å². The minimum absolute atomic E-state index is 0.00201. The third-order valence-electron chi connectivity index (χ3n) is 3.18. The summed E-state index contributed by atoms with van der Waals surface area (Å²) >= 11 is 0. The molecule has 0 aliphatic rings. The van der Waals surface area contributed by atoms with Gasteiger partial charge in [-0.2, -0.15) is 0 Å². The van der Waals surface area contributed by atoms with Crippen LogP contribution in [0.15, 0.2) is 34.9 Å². The van der Waals surface area contributed by atoms with Gasteiger partial charge >= 0.3 is 0 Å². The summed E-state index contributed by atoms with van der Waals surface area (Å²) in [5, 5.41) is 6.14. The Kier molecular flexibility index (Phi) is 6.40. The molecule has 0 atom stereocenters. The van der Waals surface area contributed by atoms with Crippen LogP contribution in [0.2, 0.25) is 0 Å². The first-order valence-electron chi connectivity index (χ1n) is 7.80. The van der Waals surface area contributed by atoms with E-state index in [2.05, 4.69) is 15.2 Å². The molecule has 2 rings (SSSR count). The number of aromatic nitrogens is 1. The van der Waals surface area contributed by atoms with E-state index in [4.69, 9.17) is 9.26 Å². The highest BCUT2D eigenvalue weighted by Gasteiger charge is 2.13. The molecule has 0 unspecified atom stereocenters. The van der Waals surface area contributed by atoms with Crippen LogP contribution in [0.1, 0.15) is 18.2 Å². The van der Waals surface area contributed by atoms with Gasteiger partial charge in [-0.1, -0.05) is 17.3 Å². The van der Waals surface area contributed by atoms with E-state index >= 15 is 0 Å². The van der Waals surface area contributed by atoms with Gasteiger partial charge in [0.25, 0.3) is 0 Å². The number of hydrogen-bond acceptors (Lipinski definition) is 6. The van der Waals surface area contributed by atoms with Crippen molar-refractivity contribution in [2.75, 3.05) is 23.6 Å². The van der Waals surface area contributed by atoms with Gasteiger partial charge in [0.15, 0.2) is 5.82 Å². The van der Waals surface area contributed by atoms with Crippen molar-refractivity contribution in [3.63, 3.8) is 0 Å². The molecule has 0 aliphatic carbocycles. The Bertz CT molecular complexity index is 799. The summed E-state index contributed by atoms with van der Waals surface area (Å²) in [7, 11) is -3.61. The van der Waals surface area contributed by atoms with E-state index in [1.807, 2.05) is 6.92 Å². The average molecular weight is 367 g/mol. The minimum Gasteiger partial charge on any atom is -0.494 e. The zero-order chi connectivity index (χ0) is 18.3. The van der Waals surface area contributed by atoms with Gasteiger partial charge in [-0.25, -0.2) is 8.42 Å². The van der Waals surface area contributed by atoms with Crippen molar-refractivity contribution < 1.29 is 22.5 Å². The summed E-state index contributed by atoms with van der Waals surface area (Å²) in [6.07, 6.45) is 0.169. The Morgan fingerprint density at radius 1 is 1.28 bits per heavy atom. The lowest BCUT2D eigenvalue weighted by Gasteiger charge is -2.08. The number of anilines is 1. The van der Waals surface area contributed by atoms with Crippen molar-refractivity contribution in [1.82, 2.24) is 10.5 Å². The van der Waals surface area contributed by atoms with Crippen LogP contribution < -0.4 is 14.8 Å². The number of nitrogens with zero attached hydrogens (tertiary/aromatic N) is 1. The van der Waals surface area contributed by atoms with Crippen molar-refractivity contribution in [1.29, 1.82) is 0 Å². The van der Waals surface area contributed by atoms with Crippen LogP contribution >= 0.6 is 0 Å². The Hall–Kier alpha value is -2.55. The molecule has 1 aromatic carbocycles. The molecule has 2 aromatic rings. The number of aryl methyl sites for hydroxylation is 1. The first-order valence-corrected chi connectivity index (χ1v) is 9.45. The molecule has 1 heterocycles. The fourth-order valence-corrected chi connectivity index (χ4v) is 2.96. The van der Waals surface area contributed by atoms with Gasteiger partial charge in [0.05, 0.1) is 18.8 Å². The molecule has 0 bridgehead atoms. The minimum atomic E-state index is -3.61. The van der Waals surface area contributed by atoms with E-state index in [0.717, 1.165) is 11.3 Å². The summed E-state index contributed by atoms with van der Waals surface area (Å²) in [6.45, 7) is 4.14. The Morgan fingerprint density at radius 3 is 2.60 bits per heavy atom. The lowest BCUT2D eigenvalue weighted by molar-refractivity contribution is -0.120. The normalized spacial score (nSPS) is 11.1. The van der Waals surface area contributed by atoms with Gasteiger partial charge in [0, 0.05) is 12.6 Å². The van der Waals surface area contributed by atoms with Crippen LogP contribution in [0.3, 0.4) is 0 Å². The summed E-state index contributed by atoms with van der Waals surface area (Å²) in [5.74, 6) is 0.858. The Balaban J connectivity index is 1.75. The van der Waals surface area contributed by atoms with E-state index in [1.54, 1.807) is 31.2 Å². The third kappa shape index (κ3) is 6.46. The van der Waals surface area contributed by atoms with Crippen molar-refractivity contribution in [2.24, 2.45) is 0 Å². The molecule has 1 aromatic heterocycles. The topological polar surface area (TPSA) is 111 Å². The van der Waals surface area contributed by atoms with Crippen molar-refractivity contribution >= 4 is 21.7 Å². The van der Waals surface area contributed by atoms with E-state index in [9.17, 15) is 13.2 Å². The average Bonchev–Trinajstić information content (AvgIpc) is 2.93. The summed E-state index contributed by atoms with van der Waals surface area (Å²) in [5.41, 5.74) is 0.819. The van der Waals surface area contributed by atoms with Crippen LogP contribution in [0.4, 0.5) is 5.82 Å². The maximum absolute atomic E-state index is 11.9. The van der Waals surface area contributed by atoms with Crippen molar-refractivity contribution in [3.8, 4) is 5.75 Å². The summed E-state index contributed by atoms with van der Waals surface area (Å²) in [6, 6.07) is 8.66. The van der Waals surface area contributed by atoms with Gasteiger partial charge < -0.3 is 14.6 Å². The summed E-state index contributed by atoms with van der Waals surface area (Å²) < 4.78 is 36.2. The molecule has 25 heavy (non-hydrogen) atoms. The highest BCUT2D eigenvalue weighted by atomic mass is 32.2. The lowest BCUT2D eigenvalue weighted by atomic mass is 10.1. The third-order valence-corrected chi connectivity index (χ3v) is 4.44. The molecule has 0 saturated heterocycles. The molecule has 0 saturated carbocycles. The second-order valence-corrected chi connectivity index (χ2v) is 7.19. The van der Waals surface area contributed by atoms with Crippen LogP contribution in [0.5, 0.6) is 5.75 Å². The largest absolute Gasteiger partial charge is 0.494 e. The molecule has 1 amide bonds. The highest BCUT2D eigenvalue weighted by Crippen LogP contribution is 2.12. The molecule has 9 heteroatoms. The quantitative estimate of drug-likeness (QED) is 0.695. The fraction of sp³-hybridized carbons (Fsp3) is 0.375. The monoisotopic (exact) mass is 367 g/mol. The molecule has 8 nitrogen and oxygen atoms in total. The smallest absolute Gasteiger partial charge is 0.235 e. The zero-order valence-corrected chi connectivity index (χ0v) is 14.9. The number of carbonyl (C=O) groups excluding carboxylic acids is 1. The number of nitrogens with one attached hydrogen (secondary N) is 2. The maximum atomic E-state index is 11.9. The predicted molar refractivity (Wildman–Crippen MR) is 93.0 cm³/mol. The van der Waals surface area contributed by atoms with Gasteiger partial charge in [0.2, 0.25) is 15.9 Å². The van der Waals surface area contributed by atoms with Crippen LogP contribution in [-0.2, 0) is 21.2 Å². The predicted octanol–water partition coefficient (Wildman–Crippen LogP) is 1.48. The lowest BCUT2D eigenvalue weighted by Crippen LogP contribution is -2.32. The SMILES string of the molecule is CCOc1ccc(CC(=O)NCCS(=O)(=O)Nc2cc(C)on2)cc1. The van der Waals surface area contributed by atoms with Crippen LogP contribution in [0, 0.1) is 6.92 Å². The van der Waals surface area contributed by atoms with E-state index in [-0.39, 0.29) is 30.4 Å². The molecule has 0 radical (unpaired) electrons.